The molecule has 134 valence electrons. The van der Waals surface area contributed by atoms with E-state index >= 15 is 0 Å². The van der Waals surface area contributed by atoms with Crippen molar-refractivity contribution in [3.8, 4) is 0 Å². The SMILES string of the molecule is CC(C)c1cccc(NC(N)=NCCCCN2CCCCC2C)c1. The molecule has 0 aromatic heterocycles. The Morgan fingerprint density at radius 3 is 2.92 bits per heavy atom. The minimum Gasteiger partial charge on any atom is -0.370 e. The monoisotopic (exact) mass is 330 g/mol. The summed E-state index contributed by atoms with van der Waals surface area (Å²) in [5, 5.41) is 3.20. The molecule has 0 amide bonds. The summed E-state index contributed by atoms with van der Waals surface area (Å²) in [6.45, 7) is 10.00. The molecule has 2 rings (SSSR count). The molecule has 4 heteroatoms. The topological polar surface area (TPSA) is 53.6 Å². The van der Waals surface area contributed by atoms with Crippen molar-refractivity contribution in [3.05, 3.63) is 29.8 Å². The van der Waals surface area contributed by atoms with Crippen molar-refractivity contribution in [1.29, 1.82) is 0 Å². The predicted molar refractivity (Wildman–Crippen MR) is 105 cm³/mol. The highest BCUT2D eigenvalue weighted by molar-refractivity contribution is 5.92. The molecule has 0 radical (unpaired) electrons. The van der Waals surface area contributed by atoms with Crippen LogP contribution in [0.1, 0.15) is 64.4 Å². The van der Waals surface area contributed by atoms with E-state index in [4.69, 9.17) is 5.73 Å². The number of guanidine groups is 1. The molecule has 1 aromatic carbocycles. The third-order valence-corrected chi connectivity index (χ3v) is 4.90. The van der Waals surface area contributed by atoms with Gasteiger partial charge in [-0.25, -0.2) is 0 Å². The van der Waals surface area contributed by atoms with Crippen LogP contribution in [0.5, 0.6) is 0 Å². The van der Waals surface area contributed by atoms with Crippen LogP contribution in [0.2, 0.25) is 0 Å². The molecule has 4 nitrogen and oxygen atoms in total. The van der Waals surface area contributed by atoms with Crippen molar-refractivity contribution in [2.75, 3.05) is 25.0 Å². The van der Waals surface area contributed by atoms with E-state index in [9.17, 15) is 0 Å². The quantitative estimate of drug-likeness (QED) is 0.448. The highest BCUT2D eigenvalue weighted by atomic mass is 15.2. The number of likely N-dealkylation sites (tertiary alicyclic amines) is 1. The van der Waals surface area contributed by atoms with Gasteiger partial charge in [0, 0.05) is 18.3 Å². The summed E-state index contributed by atoms with van der Waals surface area (Å²) in [5.74, 6) is 1.03. The summed E-state index contributed by atoms with van der Waals surface area (Å²) in [4.78, 5) is 7.08. The van der Waals surface area contributed by atoms with Crippen molar-refractivity contribution >= 4 is 11.6 Å². The maximum absolute atomic E-state index is 6.01. The zero-order chi connectivity index (χ0) is 17.4. The van der Waals surface area contributed by atoms with E-state index in [0.29, 0.717) is 11.9 Å². The van der Waals surface area contributed by atoms with Gasteiger partial charge in [-0.2, -0.15) is 0 Å². The van der Waals surface area contributed by atoms with E-state index in [-0.39, 0.29) is 0 Å². The fourth-order valence-corrected chi connectivity index (χ4v) is 3.28. The second kappa shape index (κ2) is 9.67. The maximum Gasteiger partial charge on any atom is 0.193 e. The number of nitrogens with zero attached hydrogens (tertiary/aromatic N) is 2. The molecule has 24 heavy (non-hydrogen) atoms. The molecule has 0 bridgehead atoms. The standard InChI is InChI=1S/C20H34N4/c1-16(2)18-10-8-11-19(15-18)23-20(21)22-12-5-7-14-24-13-6-4-9-17(24)3/h8,10-11,15-17H,4-7,9,12-14H2,1-3H3,(H3,21,22,23). The molecule has 1 aromatic rings. The Hall–Kier alpha value is -1.55. The summed E-state index contributed by atoms with van der Waals surface area (Å²) < 4.78 is 0. The lowest BCUT2D eigenvalue weighted by molar-refractivity contribution is 0.158. The smallest absolute Gasteiger partial charge is 0.193 e. The highest BCUT2D eigenvalue weighted by Crippen LogP contribution is 2.18. The van der Waals surface area contributed by atoms with Crippen molar-refractivity contribution in [2.45, 2.75) is 64.8 Å². The number of nitrogens with two attached hydrogens (primary N) is 1. The number of rotatable bonds is 7. The first-order valence-corrected chi connectivity index (χ1v) is 9.47. The molecule has 0 saturated carbocycles. The fraction of sp³-hybridized carbons (Fsp3) is 0.650. The van der Waals surface area contributed by atoms with Gasteiger partial charge in [0.15, 0.2) is 5.96 Å². The van der Waals surface area contributed by atoms with E-state index in [1.807, 2.05) is 6.07 Å². The van der Waals surface area contributed by atoms with Crippen molar-refractivity contribution in [1.82, 2.24) is 4.90 Å². The minimum atomic E-state index is 0.516. The van der Waals surface area contributed by atoms with Crippen molar-refractivity contribution < 1.29 is 0 Å². The van der Waals surface area contributed by atoms with Crippen LogP contribution in [0.3, 0.4) is 0 Å². The van der Waals surface area contributed by atoms with Crippen molar-refractivity contribution in [3.63, 3.8) is 0 Å². The number of nitrogens with one attached hydrogen (secondary N) is 1. The molecule has 1 aliphatic heterocycles. The zero-order valence-corrected chi connectivity index (χ0v) is 15.6. The fourth-order valence-electron chi connectivity index (χ4n) is 3.28. The predicted octanol–water partition coefficient (Wildman–Crippen LogP) is 4.19. The van der Waals surface area contributed by atoms with E-state index < -0.39 is 0 Å². The third kappa shape index (κ3) is 6.16. The Morgan fingerprint density at radius 2 is 2.17 bits per heavy atom. The molecule has 1 saturated heterocycles. The summed E-state index contributed by atoms with van der Waals surface area (Å²) in [6, 6.07) is 9.13. The Kier molecular flexibility index (Phi) is 7.57. The molecular formula is C20H34N4. The molecule has 1 fully saturated rings. The number of anilines is 1. The van der Waals surface area contributed by atoms with Gasteiger partial charge in [0.2, 0.25) is 0 Å². The van der Waals surface area contributed by atoms with Gasteiger partial charge >= 0.3 is 0 Å². The van der Waals surface area contributed by atoms with Gasteiger partial charge in [-0.3, -0.25) is 4.99 Å². The van der Waals surface area contributed by atoms with Gasteiger partial charge in [-0.05, 0) is 69.3 Å². The van der Waals surface area contributed by atoms with Crippen LogP contribution in [0.4, 0.5) is 5.69 Å². The first-order valence-electron chi connectivity index (χ1n) is 9.47. The second-order valence-corrected chi connectivity index (χ2v) is 7.26. The Labute approximate surface area is 147 Å². The normalized spacial score (nSPS) is 19.7. The first kappa shape index (κ1) is 18.8. The number of hydrogen-bond donors (Lipinski definition) is 2. The molecule has 1 heterocycles. The number of benzene rings is 1. The van der Waals surface area contributed by atoms with Gasteiger partial charge in [0.25, 0.3) is 0 Å². The molecule has 1 unspecified atom stereocenters. The molecule has 0 aliphatic carbocycles. The molecular weight excluding hydrogens is 296 g/mol. The Bertz CT molecular complexity index is 524. The lowest BCUT2D eigenvalue weighted by Crippen LogP contribution is -2.38. The van der Waals surface area contributed by atoms with E-state index in [2.05, 4.69) is 54.2 Å². The Morgan fingerprint density at radius 1 is 1.33 bits per heavy atom. The minimum absolute atomic E-state index is 0.516. The van der Waals surface area contributed by atoms with Crippen molar-refractivity contribution in [2.24, 2.45) is 10.7 Å². The Balaban J connectivity index is 1.69. The molecule has 1 atom stereocenters. The third-order valence-electron chi connectivity index (χ3n) is 4.90. The van der Waals surface area contributed by atoms with E-state index in [1.165, 1.54) is 44.3 Å². The van der Waals surface area contributed by atoms with Crippen LogP contribution < -0.4 is 11.1 Å². The number of aliphatic imine (C=N–C) groups is 1. The van der Waals surface area contributed by atoms with Crippen LogP contribution >= 0.6 is 0 Å². The van der Waals surface area contributed by atoms with Crippen LogP contribution in [-0.2, 0) is 0 Å². The van der Waals surface area contributed by atoms with Gasteiger partial charge < -0.3 is 16.0 Å². The second-order valence-electron chi connectivity index (χ2n) is 7.26. The number of piperidine rings is 1. The lowest BCUT2D eigenvalue weighted by atomic mass is 10.0. The van der Waals surface area contributed by atoms with Gasteiger partial charge in [0.05, 0.1) is 0 Å². The largest absolute Gasteiger partial charge is 0.370 e. The zero-order valence-electron chi connectivity index (χ0n) is 15.6. The van der Waals surface area contributed by atoms with E-state index in [1.54, 1.807) is 0 Å². The first-order chi connectivity index (χ1) is 11.6. The van der Waals surface area contributed by atoms with Gasteiger partial charge in [0.1, 0.15) is 0 Å². The number of unbranched alkanes of at least 4 members (excludes halogenated alkanes) is 1. The summed E-state index contributed by atoms with van der Waals surface area (Å²) in [6.07, 6.45) is 6.39. The average molecular weight is 331 g/mol. The van der Waals surface area contributed by atoms with E-state index in [0.717, 1.165) is 24.7 Å². The average Bonchev–Trinajstić information content (AvgIpc) is 2.56. The van der Waals surface area contributed by atoms with Crippen LogP contribution in [0.25, 0.3) is 0 Å². The highest BCUT2D eigenvalue weighted by Gasteiger charge is 2.16. The molecule has 1 aliphatic rings. The van der Waals surface area contributed by atoms with Gasteiger partial charge in [-0.15, -0.1) is 0 Å². The number of hydrogen-bond acceptors (Lipinski definition) is 2. The van der Waals surface area contributed by atoms with Crippen LogP contribution in [0, 0.1) is 0 Å². The van der Waals surface area contributed by atoms with Crippen LogP contribution in [-0.4, -0.2) is 36.5 Å². The molecule has 3 N–H and O–H groups in total. The lowest BCUT2D eigenvalue weighted by Gasteiger charge is -2.33. The maximum atomic E-state index is 6.01. The van der Waals surface area contributed by atoms with Gasteiger partial charge in [-0.1, -0.05) is 32.4 Å². The summed E-state index contributed by atoms with van der Waals surface area (Å²) >= 11 is 0. The summed E-state index contributed by atoms with van der Waals surface area (Å²) in [7, 11) is 0. The summed E-state index contributed by atoms with van der Waals surface area (Å²) in [5.41, 5.74) is 8.33. The van der Waals surface area contributed by atoms with Crippen LogP contribution in [0.15, 0.2) is 29.3 Å². The molecule has 0 spiro atoms.